The molecule has 0 bridgehead atoms. The second-order valence-corrected chi connectivity index (χ2v) is 7.40. The molecule has 2 unspecified atom stereocenters. The quantitative estimate of drug-likeness (QED) is 0.757. The van der Waals surface area contributed by atoms with Gasteiger partial charge in [-0.2, -0.15) is 0 Å². The number of thioether (sulfide) groups is 1. The monoisotopic (exact) mass is 314 g/mol. The molecule has 2 rings (SSSR count). The van der Waals surface area contributed by atoms with Crippen LogP contribution >= 0.6 is 23.4 Å². The Kier molecular flexibility index (Phi) is 4.94. The van der Waals surface area contributed by atoms with Gasteiger partial charge < -0.3 is 5.11 Å². The van der Waals surface area contributed by atoms with Gasteiger partial charge in [-0.15, -0.1) is 11.8 Å². The third-order valence-electron chi connectivity index (χ3n) is 3.29. The van der Waals surface area contributed by atoms with Crippen molar-refractivity contribution in [1.82, 2.24) is 10.3 Å². The fourth-order valence-electron chi connectivity index (χ4n) is 2.14. The molecule has 1 heterocycles. The van der Waals surface area contributed by atoms with Gasteiger partial charge in [-0.1, -0.05) is 18.5 Å². The lowest BCUT2D eigenvalue weighted by Crippen LogP contribution is -2.51. The Balaban J connectivity index is 1.95. The molecule has 1 aromatic heterocycles. The normalized spacial score (nSPS) is 19.4. The van der Waals surface area contributed by atoms with Gasteiger partial charge in [0.25, 0.3) is 0 Å². The molecule has 110 valence electrons. The van der Waals surface area contributed by atoms with Crippen LogP contribution in [0.5, 0.6) is 0 Å². The summed E-state index contributed by atoms with van der Waals surface area (Å²) in [5.74, 6) is -0.791. The van der Waals surface area contributed by atoms with Gasteiger partial charge in [0.1, 0.15) is 5.54 Å². The molecule has 1 aliphatic carbocycles. The number of rotatable bonds is 7. The van der Waals surface area contributed by atoms with Gasteiger partial charge in [-0.05, 0) is 38.3 Å². The lowest BCUT2D eigenvalue weighted by Gasteiger charge is -2.29. The molecule has 1 aromatic rings. The summed E-state index contributed by atoms with van der Waals surface area (Å²) in [4.78, 5) is 15.7. The summed E-state index contributed by atoms with van der Waals surface area (Å²) in [6, 6.07) is 4.01. The molecule has 20 heavy (non-hydrogen) atoms. The van der Waals surface area contributed by atoms with Crippen LogP contribution < -0.4 is 5.32 Å². The van der Waals surface area contributed by atoms with Crippen molar-refractivity contribution in [2.24, 2.45) is 0 Å². The highest BCUT2D eigenvalue weighted by Crippen LogP contribution is 2.30. The summed E-state index contributed by atoms with van der Waals surface area (Å²) in [5.41, 5.74) is -0.875. The topological polar surface area (TPSA) is 62.2 Å². The number of hydrogen-bond acceptors (Lipinski definition) is 4. The highest BCUT2D eigenvalue weighted by atomic mass is 35.5. The maximum Gasteiger partial charge on any atom is 0.323 e. The minimum Gasteiger partial charge on any atom is -0.480 e. The largest absolute Gasteiger partial charge is 0.480 e. The Hall–Kier alpha value is -0.780. The first-order valence-electron chi connectivity index (χ1n) is 6.68. The van der Waals surface area contributed by atoms with E-state index >= 15 is 0 Å². The van der Waals surface area contributed by atoms with Crippen molar-refractivity contribution in [3.8, 4) is 0 Å². The van der Waals surface area contributed by atoms with E-state index in [1.165, 1.54) is 0 Å². The molecule has 1 aliphatic rings. The van der Waals surface area contributed by atoms with Crippen molar-refractivity contribution in [1.29, 1.82) is 0 Å². The molecule has 0 aliphatic heterocycles. The third-order valence-corrected chi connectivity index (χ3v) is 4.57. The van der Waals surface area contributed by atoms with Gasteiger partial charge in [0.2, 0.25) is 0 Å². The number of nitrogens with zero attached hydrogens (tertiary/aromatic N) is 1. The van der Waals surface area contributed by atoms with Crippen molar-refractivity contribution in [2.45, 2.75) is 55.0 Å². The summed E-state index contributed by atoms with van der Waals surface area (Å²) >= 11 is 7.37. The van der Waals surface area contributed by atoms with Gasteiger partial charge in [0.05, 0.1) is 10.0 Å². The van der Waals surface area contributed by atoms with Crippen LogP contribution in [0.2, 0.25) is 5.02 Å². The molecule has 2 atom stereocenters. The molecule has 0 saturated heterocycles. The van der Waals surface area contributed by atoms with Gasteiger partial charge in [0.15, 0.2) is 0 Å². The Labute approximate surface area is 128 Å². The Bertz CT molecular complexity index is 479. The molecule has 0 amide bonds. The van der Waals surface area contributed by atoms with E-state index in [0.29, 0.717) is 17.5 Å². The highest BCUT2D eigenvalue weighted by Gasteiger charge is 2.39. The standard InChI is InChI=1S/C14H19ClN2O2S/c1-9(20-12-6-3-10(15)8-16-12)7-14(2,13(18)19)17-11-4-5-11/h3,6,8-9,11,17H,4-5,7H2,1-2H3,(H,18,19). The maximum atomic E-state index is 11.5. The zero-order valence-electron chi connectivity index (χ0n) is 11.6. The van der Waals surface area contributed by atoms with Crippen LogP contribution in [0, 0.1) is 0 Å². The summed E-state index contributed by atoms with van der Waals surface area (Å²) in [5, 5.41) is 14.3. The Morgan fingerprint density at radius 2 is 2.35 bits per heavy atom. The number of hydrogen-bond donors (Lipinski definition) is 2. The third kappa shape index (κ3) is 4.36. The predicted octanol–water partition coefficient (Wildman–Crippen LogP) is 3.20. The zero-order chi connectivity index (χ0) is 14.8. The van der Waals surface area contributed by atoms with Crippen molar-refractivity contribution < 1.29 is 9.90 Å². The van der Waals surface area contributed by atoms with E-state index in [9.17, 15) is 9.90 Å². The summed E-state index contributed by atoms with van der Waals surface area (Å²) < 4.78 is 0. The number of aromatic nitrogens is 1. The van der Waals surface area contributed by atoms with Crippen molar-refractivity contribution >= 4 is 29.3 Å². The second-order valence-electron chi connectivity index (χ2n) is 5.50. The molecule has 2 N–H and O–H groups in total. The van der Waals surface area contributed by atoms with Crippen LogP contribution in [0.25, 0.3) is 0 Å². The van der Waals surface area contributed by atoms with E-state index < -0.39 is 11.5 Å². The van der Waals surface area contributed by atoms with Crippen LogP contribution in [0.3, 0.4) is 0 Å². The lowest BCUT2D eigenvalue weighted by molar-refractivity contribution is -0.144. The van der Waals surface area contributed by atoms with E-state index in [-0.39, 0.29) is 5.25 Å². The molecule has 0 spiro atoms. The minimum atomic E-state index is -0.875. The van der Waals surface area contributed by atoms with Gasteiger partial charge in [0, 0.05) is 17.5 Å². The number of carboxylic acids is 1. The average Bonchev–Trinajstić information content (AvgIpc) is 3.15. The molecular formula is C14H19ClN2O2S. The molecule has 1 fully saturated rings. The first-order chi connectivity index (χ1) is 9.39. The van der Waals surface area contributed by atoms with Crippen molar-refractivity contribution in [2.75, 3.05) is 0 Å². The zero-order valence-corrected chi connectivity index (χ0v) is 13.2. The number of pyridine rings is 1. The molecule has 0 radical (unpaired) electrons. The first-order valence-corrected chi connectivity index (χ1v) is 7.94. The smallest absolute Gasteiger partial charge is 0.323 e. The van der Waals surface area contributed by atoms with Crippen LogP contribution in [-0.4, -0.2) is 32.9 Å². The number of carboxylic acid groups (broad SMARTS) is 1. The van der Waals surface area contributed by atoms with E-state index in [1.54, 1.807) is 30.9 Å². The first kappa shape index (κ1) is 15.6. The Morgan fingerprint density at radius 3 is 2.85 bits per heavy atom. The predicted molar refractivity (Wildman–Crippen MR) is 81.4 cm³/mol. The fourth-order valence-corrected chi connectivity index (χ4v) is 3.34. The van der Waals surface area contributed by atoms with Crippen LogP contribution in [0.1, 0.15) is 33.1 Å². The summed E-state index contributed by atoms with van der Waals surface area (Å²) in [6.45, 7) is 3.79. The maximum absolute atomic E-state index is 11.5. The van der Waals surface area contributed by atoms with Crippen molar-refractivity contribution in [3.63, 3.8) is 0 Å². The number of carbonyl (C=O) groups is 1. The van der Waals surface area contributed by atoms with Gasteiger partial charge >= 0.3 is 5.97 Å². The molecule has 0 aromatic carbocycles. The van der Waals surface area contributed by atoms with E-state index in [2.05, 4.69) is 10.3 Å². The average molecular weight is 315 g/mol. The second kappa shape index (κ2) is 6.33. The SMILES string of the molecule is CC(CC(C)(NC1CC1)C(=O)O)Sc1ccc(Cl)cn1. The van der Waals surface area contributed by atoms with E-state index in [1.807, 2.05) is 13.0 Å². The minimum absolute atomic E-state index is 0.149. The highest BCUT2D eigenvalue weighted by molar-refractivity contribution is 7.99. The summed E-state index contributed by atoms with van der Waals surface area (Å²) in [6.07, 6.45) is 4.30. The number of halogens is 1. The number of aliphatic carboxylic acids is 1. The molecule has 1 saturated carbocycles. The van der Waals surface area contributed by atoms with Gasteiger partial charge in [-0.3, -0.25) is 10.1 Å². The van der Waals surface area contributed by atoms with Crippen LogP contribution in [0.15, 0.2) is 23.4 Å². The fraction of sp³-hybridized carbons (Fsp3) is 0.571. The Morgan fingerprint density at radius 1 is 1.65 bits per heavy atom. The van der Waals surface area contributed by atoms with E-state index in [0.717, 1.165) is 17.9 Å². The molecule has 6 heteroatoms. The van der Waals surface area contributed by atoms with E-state index in [4.69, 9.17) is 11.6 Å². The lowest BCUT2D eigenvalue weighted by atomic mass is 9.96. The molecular weight excluding hydrogens is 296 g/mol. The van der Waals surface area contributed by atoms with Crippen LogP contribution in [-0.2, 0) is 4.79 Å². The number of nitrogens with one attached hydrogen (secondary N) is 1. The molecule has 4 nitrogen and oxygen atoms in total. The van der Waals surface area contributed by atoms with Crippen molar-refractivity contribution in [3.05, 3.63) is 23.4 Å². The summed E-state index contributed by atoms with van der Waals surface area (Å²) in [7, 11) is 0. The van der Waals surface area contributed by atoms with Crippen LogP contribution in [0.4, 0.5) is 0 Å². The van der Waals surface area contributed by atoms with Gasteiger partial charge in [-0.25, -0.2) is 4.98 Å².